The van der Waals surface area contributed by atoms with Crippen LogP contribution in [0.1, 0.15) is 73.6 Å². The fourth-order valence-corrected chi connectivity index (χ4v) is 5.96. The van der Waals surface area contributed by atoms with Crippen LogP contribution in [0.25, 0.3) is 0 Å². The Labute approximate surface area is 293 Å². The molecule has 4 aromatic carbocycles. The minimum absolute atomic E-state index is 0.330. The second-order valence-corrected chi connectivity index (χ2v) is 12.2. The average molecular weight is 741 g/mol. The van der Waals surface area contributed by atoms with E-state index in [1.54, 1.807) is 0 Å². The normalized spacial score (nSPS) is 14.0. The molecule has 0 saturated carbocycles. The summed E-state index contributed by atoms with van der Waals surface area (Å²) in [5.41, 5.74) is -0.996. The molecular formula is C36H29Cl2F6NO5. The van der Waals surface area contributed by atoms with Gasteiger partial charge in [-0.2, -0.15) is 0 Å². The number of rotatable bonds is 10. The second-order valence-electron chi connectivity index (χ2n) is 11.3. The second kappa shape index (κ2) is 16.8. The zero-order valence-corrected chi connectivity index (χ0v) is 28.3. The molecule has 1 N–H and O–H groups in total. The van der Waals surface area contributed by atoms with Crippen molar-refractivity contribution in [2.75, 3.05) is 0 Å². The van der Waals surface area contributed by atoms with E-state index in [0.29, 0.717) is 45.4 Å². The van der Waals surface area contributed by atoms with Crippen LogP contribution in [0.5, 0.6) is 0 Å². The van der Waals surface area contributed by atoms with E-state index in [-0.39, 0.29) is 0 Å². The van der Waals surface area contributed by atoms with Crippen LogP contribution in [0, 0.1) is 40.1 Å². The number of Topliss-reactive ketones (excluding diaryl/α,β-unsaturated/α-hetero) is 3. The highest BCUT2D eigenvalue weighted by molar-refractivity contribution is 6.30. The Kier molecular flexibility index (Phi) is 13.4. The maximum Gasteiger partial charge on any atom is 0.227 e. The predicted octanol–water partition coefficient (Wildman–Crippen LogP) is 9.38. The summed E-state index contributed by atoms with van der Waals surface area (Å²) in [5.74, 6) is -13.9. The van der Waals surface area contributed by atoms with Crippen LogP contribution in [0.4, 0.5) is 26.3 Å². The van der Waals surface area contributed by atoms with Crippen LogP contribution < -0.4 is 0 Å². The number of nitrogens with zero attached hydrogens (tertiary/aromatic N) is 1. The van der Waals surface area contributed by atoms with Gasteiger partial charge in [0.05, 0.1) is 23.7 Å². The van der Waals surface area contributed by atoms with Crippen LogP contribution >= 0.6 is 23.2 Å². The van der Waals surface area contributed by atoms with Gasteiger partial charge in [0.2, 0.25) is 5.71 Å². The first kappa shape index (κ1) is 39.8. The van der Waals surface area contributed by atoms with Gasteiger partial charge < -0.3 is 5.21 Å². The van der Waals surface area contributed by atoms with Crippen molar-refractivity contribution in [3.05, 3.63) is 145 Å². The van der Waals surface area contributed by atoms with Crippen molar-refractivity contribution in [3.8, 4) is 0 Å². The summed E-state index contributed by atoms with van der Waals surface area (Å²) in [6.07, 6.45) is 0. The molecule has 0 aromatic heterocycles. The van der Waals surface area contributed by atoms with Crippen molar-refractivity contribution in [1.82, 2.24) is 0 Å². The third kappa shape index (κ3) is 9.30. The number of carbonyl (C=O) groups is 3. The molecule has 0 amide bonds. The summed E-state index contributed by atoms with van der Waals surface area (Å²) in [6, 6.07) is 13.8. The van der Waals surface area contributed by atoms with Crippen molar-refractivity contribution in [3.63, 3.8) is 0 Å². The first-order valence-corrected chi connectivity index (χ1v) is 15.4. The third-order valence-corrected chi connectivity index (χ3v) is 8.40. The Morgan fingerprint density at radius 3 is 1.12 bits per heavy atom. The highest BCUT2D eigenvalue weighted by atomic mass is 35.5. The first-order valence-electron chi connectivity index (χ1n) is 14.7. The van der Waals surface area contributed by atoms with Crippen molar-refractivity contribution < 1.29 is 50.8 Å². The highest BCUT2D eigenvalue weighted by Crippen LogP contribution is 2.39. The lowest BCUT2D eigenvalue weighted by atomic mass is 9.76. The maximum atomic E-state index is 14.4. The van der Waals surface area contributed by atoms with E-state index < -0.39 is 97.7 Å². The molecule has 0 aliphatic rings. The fraction of sp³-hybridized carbons (Fsp3) is 0.222. The summed E-state index contributed by atoms with van der Waals surface area (Å²) < 4.78 is 83.5. The molecule has 0 spiro atoms. The zero-order chi connectivity index (χ0) is 37.6. The van der Waals surface area contributed by atoms with E-state index in [4.69, 9.17) is 23.2 Å². The van der Waals surface area contributed by atoms with Gasteiger partial charge in [-0.05, 0) is 56.2 Å². The summed E-state index contributed by atoms with van der Waals surface area (Å²) in [7, 11) is 0. The molecule has 0 aliphatic heterocycles. The van der Waals surface area contributed by atoms with Crippen molar-refractivity contribution >= 4 is 46.3 Å². The highest BCUT2D eigenvalue weighted by Gasteiger charge is 2.40. The van der Waals surface area contributed by atoms with Gasteiger partial charge >= 0.3 is 0 Å². The van der Waals surface area contributed by atoms with Gasteiger partial charge in [0.15, 0.2) is 0 Å². The molecule has 4 rings (SSSR count). The molecule has 50 heavy (non-hydrogen) atoms. The molecule has 0 fully saturated rings. The molecule has 0 heterocycles. The largest absolute Gasteiger partial charge is 0.418 e. The van der Waals surface area contributed by atoms with Gasteiger partial charge in [0, 0.05) is 57.3 Å². The van der Waals surface area contributed by atoms with Crippen molar-refractivity contribution in [2.24, 2.45) is 0 Å². The van der Waals surface area contributed by atoms with E-state index >= 15 is 0 Å². The molecule has 4 aromatic rings. The number of hydrogen-bond acceptors (Lipinski definition) is 5. The Morgan fingerprint density at radius 1 is 0.560 bits per heavy atom. The molecule has 0 bridgehead atoms. The van der Waals surface area contributed by atoms with Gasteiger partial charge in [-0.1, -0.05) is 47.5 Å². The summed E-state index contributed by atoms with van der Waals surface area (Å²) in [6.45, 7) is 4.68. The minimum atomic E-state index is -1.49. The molecule has 0 radical (unpaired) electrons. The summed E-state index contributed by atoms with van der Waals surface area (Å²) in [4.78, 5) is 36.0. The number of halogens is 8. The van der Waals surface area contributed by atoms with Crippen LogP contribution in [0.3, 0.4) is 0 Å². The predicted molar refractivity (Wildman–Crippen MR) is 175 cm³/mol. The van der Waals surface area contributed by atoms with Gasteiger partial charge in [-0.25, -0.2) is 26.3 Å². The maximum absolute atomic E-state index is 14.4. The molecule has 0 saturated heterocycles. The Morgan fingerprint density at radius 2 is 0.840 bits per heavy atom. The monoisotopic (exact) mass is 739 g/mol. The molecular weight excluding hydrogens is 711 g/mol. The van der Waals surface area contributed by atoms with Crippen molar-refractivity contribution in [1.29, 1.82) is 0 Å². The Balaban J connectivity index is 0.000000271. The third-order valence-electron chi connectivity index (χ3n) is 7.90. The number of ketones is 3. The minimum Gasteiger partial charge on any atom is -0.418 e. The fourth-order valence-electron chi connectivity index (χ4n) is 5.71. The quantitative estimate of drug-likeness (QED) is 0.0575. The van der Waals surface area contributed by atoms with Crippen LogP contribution in [0.2, 0.25) is 10.0 Å². The smallest absolute Gasteiger partial charge is 0.227 e. The van der Waals surface area contributed by atoms with Crippen molar-refractivity contribution in [2.45, 2.75) is 51.4 Å². The molecule has 6 nitrogen and oxygen atoms in total. The van der Waals surface area contributed by atoms with Crippen LogP contribution in [0.15, 0.2) is 72.8 Å². The molecule has 14 heteroatoms. The summed E-state index contributed by atoms with van der Waals surface area (Å²) >= 11 is 11.6. The summed E-state index contributed by atoms with van der Waals surface area (Å²) in [5, 5.41) is 21.5. The standard InChI is InChI=1S/C18H15ClF3NO3.C18H14ClF3O2/c1-9(23(25)26)16(18-14(21)7-13(20)8-15(18)22)17(10(2)24)11-3-5-12(19)6-4-11;1-9(23)16(11-3-5-12(19)6-4-11)17(10(2)24)18-14(21)7-13(20)8-15(18)22/h3-8,16-17H,1-2H3,(H,25,26);3-8,16-17H,1-2H3. The SMILES string of the molecule is CC(=O)C(c1ccc(Cl)cc1)C(/C(C)=[N+](\[O-])O)c1c(F)cc(F)cc1F.CC(=O)C(c1ccc(Cl)cc1)C(C(C)=O)c1c(F)cc(F)cc1F. The number of hydrogen-bond donors (Lipinski definition) is 1. The van der Waals surface area contributed by atoms with Gasteiger partial charge in [0.1, 0.15) is 52.3 Å². The van der Waals surface area contributed by atoms with E-state index in [0.717, 1.165) is 13.8 Å². The Hall–Kier alpha value is -4.68. The van der Waals surface area contributed by atoms with Crippen LogP contribution in [-0.2, 0) is 14.4 Å². The van der Waals surface area contributed by atoms with Gasteiger partial charge in [0.25, 0.3) is 0 Å². The average Bonchev–Trinajstić information content (AvgIpc) is 3.00. The molecule has 4 unspecified atom stereocenters. The number of carbonyl (C=O) groups excluding carboxylic acids is 3. The van der Waals surface area contributed by atoms with E-state index in [9.17, 15) is 51.1 Å². The zero-order valence-electron chi connectivity index (χ0n) is 26.8. The van der Waals surface area contributed by atoms with E-state index in [1.165, 1.54) is 62.4 Å². The van der Waals surface area contributed by atoms with Gasteiger partial charge in [-0.3, -0.25) is 19.6 Å². The lowest BCUT2D eigenvalue weighted by Crippen LogP contribution is -2.29. The number of benzene rings is 4. The van der Waals surface area contributed by atoms with Gasteiger partial charge in [-0.15, -0.1) is 0 Å². The van der Waals surface area contributed by atoms with E-state index in [1.807, 2.05) is 0 Å². The van der Waals surface area contributed by atoms with Crippen LogP contribution in [-0.4, -0.2) is 33.2 Å². The topological polar surface area (TPSA) is 97.5 Å². The first-order chi connectivity index (χ1) is 23.3. The Bertz CT molecular complexity index is 1890. The van der Waals surface area contributed by atoms with E-state index in [2.05, 4.69) is 0 Å². The lowest BCUT2D eigenvalue weighted by Gasteiger charge is -2.25. The molecule has 0 aliphatic carbocycles. The molecule has 4 atom stereocenters. The molecule has 264 valence electrons. The lowest BCUT2D eigenvalue weighted by molar-refractivity contribution is -0.727.